The van der Waals surface area contributed by atoms with Gasteiger partial charge in [0.2, 0.25) is 0 Å². The van der Waals surface area contributed by atoms with Gasteiger partial charge in [0.15, 0.2) is 0 Å². The third kappa shape index (κ3) is 5.32. The average molecular weight is 264 g/mol. The molecule has 0 aromatic rings. The maximum atomic E-state index is 2.59. The molecule has 1 aliphatic carbocycles. The van der Waals surface area contributed by atoms with Gasteiger partial charge in [-0.1, -0.05) is 79.4 Å². The van der Waals surface area contributed by atoms with Gasteiger partial charge in [-0.25, -0.2) is 0 Å². The Labute approximate surface area is 122 Å². The van der Waals surface area contributed by atoms with Crippen molar-refractivity contribution >= 4 is 0 Å². The van der Waals surface area contributed by atoms with Crippen molar-refractivity contribution in [3.63, 3.8) is 0 Å². The minimum atomic E-state index is 0.384. The standard InChI is InChI=1S/C19H36/c1-7-10-15(4)17(18-14-16(18)9-3)11-13-19(5,6)12-8-2/h11,13,15-18H,7-10,12,14H2,1-6H3. The first-order valence-electron chi connectivity index (χ1n) is 8.64. The van der Waals surface area contributed by atoms with Crippen molar-refractivity contribution in [1.82, 2.24) is 0 Å². The van der Waals surface area contributed by atoms with Crippen LogP contribution in [0.3, 0.4) is 0 Å². The third-order valence-electron chi connectivity index (χ3n) is 5.06. The first-order valence-corrected chi connectivity index (χ1v) is 8.64. The summed E-state index contributed by atoms with van der Waals surface area (Å²) in [6.45, 7) is 14.2. The second kappa shape index (κ2) is 7.50. The summed E-state index contributed by atoms with van der Waals surface area (Å²) in [7, 11) is 0. The predicted octanol–water partition coefficient (Wildman–Crippen LogP) is 6.47. The normalized spacial score (nSPS) is 26.6. The fourth-order valence-corrected chi connectivity index (χ4v) is 3.71. The third-order valence-corrected chi connectivity index (χ3v) is 5.06. The Bertz CT molecular complexity index is 272. The van der Waals surface area contributed by atoms with Crippen molar-refractivity contribution < 1.29 is 0 Å². The Morgan fingerprint density at radius 1 is 1.16 bits per heavy atom. The van der Waals surface area contributed by atoms with Crippen LogP contribution in [0.2, 0.25) is 0 Å². The fraction of sp³-hybridized carbons (Fsp3) is 0.895. The van der Waals surface area contributed by atoms with Crippen LogP contribution in [0.15, 0.2) is 12.2 Å². The lowest BCUT2D eigenvalue weighted by atomic mass is 9.81. The maximum absolute atomic E-state index is 2.59. The molecule has 19 heavy (non-hydrogen) atoms. The van der Waals surface area contributed by atoms with Gasteiger partial charge in [-0.15, -0.1) is 0 Å². The zero-order chi connectivity index (χ0) is 14.5. The first-order chi connectivity index (χ1) is 8.95. The Morgan fingerprint density at radius 2 is 1.84 bits per heavy atom. The molecular formula is C19H36. The molecule has 4 unspecified atom stereocenters. The second-order valence-electron chi connectivity index (χ2n) is 7.51. The zero-order valence-corrected chi connectivity index (χ0v) is 14.2. The highest BCUT2D eigenvalue weighted by molar-refractivity contribution is 5.05. The fourth-order valence-electron chi connectivity index (χ4n) is 3.71. The van der Waals surface area contributed by atoms with Gasteiger partial charge in [0.1, 0.15) is 0 Å². The van der Waals surface area contributed by atoms with Crippen LogP contribution >= 0.6 is 0 Å². The van der Waals surface area contributed by atoms with E-state index in [1.165, 1.54) is 38.5 Å². The molecule has 0 N–H and O–H groups in total. The SMILES string of the molecule is CCCC(C)C(C=CC(C)(C)CCC)C1CC1CC. The highest BCUT2D eigenvalue weighted by Gasteiger charge is 2.42. The van der Waals surface area contributed by atoms with Gasteiger partial charge in [0, 0.05) is 0 Å². The lowest BCUT2D eigenvalue weighted by molar-refractivity contribution is 0.339. The molecule has 1 fully saturated rings. The molecule has 0 heteroatoms. The first kappa shape index (κ1) is 16.8. The van der Waals surface area contributed by atoms with Crippen molar-refractivity contribution in [2.75, 3.05) is 0 Å². The molecule has 112 valence electrons. The van der Waals surface area contributed by atoms with Crippen molar-refractivity contribution in [3.8, 4) is 0 Å². The smallest absolute Gasteiger partial charge is 0.0175 e. The van der Waals surface area contributed by atoms with Crippen LogP contribution in [-0.4, -0.2) is 0 Å². The average Bonchev–Trinajstić information content (AvgIpc) is 3.09. The lowest BCUT2D eigenvalue weighted by Gasteiger charge is -2.24. The summed E-state index contributed by atoms with van der Waals surface area (Å²) < 4.78 is 0. The van der Waals surface area contributed by atoms with Crippen molar-refractivity contribution in [1.29, 1.82) is 0 Å². The van der Waals surface area contributed by atoms with E-state index in [1.54, 1.807) is 0 Å². The van der Waals surface area contributed by atoms with E-state index < -0.39 is 0 Å². The summed E-state index contributed by atoms with van der Waals surface area (Å²) in [5, 5.41) is 0. The summed E-state index contributed by atoms with van der Waals surface area (Å²) in [6.07, 6.45) is 13.3. The van der Waals surface area contributed by atoms with Crippen LogP contribution < -0.4 is 0 Å². The van der Waals surface area contributed by atoms with Gasteiger partial charge in [-0.3, -0.25) is 0 Å². The van der Waals surface area contributed by atoms with Crippen molar-refractivity contribution in [2.45, 2.75) is 80.1 Å². The quantitative estimate of drug-likeness (QED) is 0.419. The summed E-state index contributed by atoms with van der Waals surface area (Å²) in [5.41, 5.74) is 0.384. The highest BCUT2D eigenvalue weighted by atomic mass is 14.5. The molecule has 0 amide bonds. The van der Waals surface area contributed by atoms with Crippen LogP contribution in [0.1, 0.15) is 80.1 Å². The van der Waals surface area contributed by atoms with Crippen molar-refractivity contribution in [3.05, 3.63) is 12.2 Å². The number of allylic oxidation sites excluding steroid dienone is 2. The van der Waals surface area contributed by atoms with E-state index >= 15 is 0 Å². The topological polar surface area (TPSA) is 0 Å². The van der Waals surface area contributed by atoms with E-state index in [1.807, 2.05) is 0 Å². The van der Waals surface area contributed by atoms with Gasteiger partial charge >= 0.3 is 0 Å². The molecule has 1 aliphatic rings. The van der Waals surface area contributed by atoms with E-state index in [-0.39, 0.29) is 0 Å². The maximum Gasteiger partial charge on any atom is -0.0175 e. The molecule has 0 saturated heterocycles. The lowest BCUT2D eigenvalue weighted by Crippen LogP contribution is -2.15. The highest BCUT2D eigenvalue weighted by Crippen LogP contribution is 2.50. The molecule has 1 rings (SSSR count). The van der Waals surface area contributed by atoms with Gasteiger partial charge in [-0.05, 0) is 41.9 Å². The van der Waals surface area contributed by atoms with Crippen LogP contribution in [0.5, 0.6) is 0 Å². The summed E-state index contributed by atoms with van der Waals surface area (Å²) in [5.74, 6) is 3.70. The number of hydrogen-bond acceptors (Lipinski definition) is 0. The molecule has 0 spiro atoms. The van der Waals surface area contributed by atoms with Crippen LogP contribution in [0.25, 0.3) is 0 Å². The van der Waals surface area contributed by atoms with E-state index in [9.17, 15) is 0 Å². The molecule has 0 aliphatic heterocycles. The molecule has 0 bridgehead atoms. The molecule has 0 heterocycles. The molecule has 0 aromatic carbocycles. The van der Waals surface area contributed by atoms with Crippen LogP contribution in [-0.2, 0) is 0 Å². The van der Waals surface area contributed by atoms with Gasteiger partial charge in [0.05, 0.1) is 0 Å². The predicted molar refractivity (Wildman–Crippen MR) is 87.3 cm³/mol. The van der Waals surface area contributed by atoms with E-state index in [0.717, 1.165) is 23.7 Å². The molecule has 0 nitrogen and oxygen atoms in total. The monoisotopic (exact) mass is 264 g/mol. The molecule has 0 radical (unpaired) electrons. The van der Waals surface area contributed by atoms with Crippen LogP contribution in [0.4, 0.5) is 0 Å². The second-order valence-corrected chi connectivity index (χ2v) is 7.51. The number of rotatable bonds is 9. The Morgan fingerprint density at radius 3 is 2.32 bits per heavy atom. The molecular weight excluding hydrogens is 228 g/mol. The Balaban J connectivity index is 2.66. The Kier molecular flexibility index (Phi) is 6.63. The van der Waals surface area contributed by atoms with Gasteiger partial charge < -0.3 is 0 Å². The van der Waals surface area contributed by atoms with Crippen LogP contribution in [0, 0.1) is 29.1 Å². The summed E-state index contributed by atoms with van der Waals surface area (Å²) >= 11 is 0. The molecule has 1 saturated carbocycles. The van der Waals surface area contributed by atoms with E-state index in [4.69, 9.17) is 0 Å². The molecule has 4 atom stereocenters. The zero-order valence-electron chi connectivity index (χ0n) is 14.2. The minimum absolute atomic E-state index is 0.384. The van der Waals surface area contributed by atoms with Gasteiger partial charge in [0.25, 0.3) is 0 Å². The molecule has 0 aromatic heterocycles. The van der Waals surface area contributed by atoms with E-state index in [2.05, 4.69) is 53.7 Å². The summed E-state index contributed by atoms with van der Waals surface area (Å²) in [4.78, 5) is 0. The summed E-state index contributed by atoms with van der Waals surface area (Å²) in [6, 6.07) is 0. The Hall–Kier alpha value is -0.260. The number of hydrogen-bond donors (Lipinski definition) is 0. The van der Waals surface area contributed by atoms with Crippen molar-refractivity contribution in [2.24, 2.45) is 29.1 Å². The van der Waals surface area contributed by atoms with E-state index in [0.29, 0.717) is 5.41 Å². The van der Waals surface area contributed by atoms with Gasteiger partial charge in [-0.2, -0.15) is 0 Å². The minimum Gasteiger partial charge on any atom is -0.0843 e. The largest absolute Gasteiger partial charge is 0.0843 e.